The van der Waals surface area contributed by atoms with Crippen molar-refractivity contribution < 1.29 is 4.74 Å². The highest BCUT2D eigenvalue weighted by Crippen LogP contribution is 2.42. The molecule has 3 rings (SSSR count). The van der Waals surface area contributed by atoms with Gasteiger partial charge >= 0.3 is 0 Å². The first kappa shape index (κ1) is 13.6. The number of rotatable bonds is 4. The summed E-state index contributed by atoms with van der Waals surface area (Å²) in [4.78, 5) is 7.86. The maximum absolute atomic E-state index is 5.77. The first-order chi connectivity index (χ1) is 9.07. The average Bonchev–Trinajstić information content (AvgIpc) is 2.92. The number of thiophene rings is 1. The lowest BCUT2D eigenvalue weighted by molar-refractivity contribution is 0.110. The second-order valence-electron chi connectivity index (χ2n) is 6.49. The van der Waals surface area contributed by atoms with Crippen LogP contribution >= 0.6 is 11.3 Å². The van der Waals surface area contributed by atoms with Gasteiger partial charge in [0, 0.05) is 47.3 Å². The molecule has 2 atom stereocenters. The maximum atomic E-state index is 5.77. The van der Waals surface area contributed by atoms with Crippen molar-refractivity contribution in [2.45, 2.75) is 13.5 Å². The van der Waals surface area contributed by atoms with Crippen molar-refractivity contribution in [3.8, 4) is 0 Å². The molecule has 0 bridgehead atoms. The molecule has 0 spiro atoms. The largest absolute Gasteiger partial charge is 0.380 e. The third-order valence-corrected chi connectivity index (χ3v) is 5.38. The van der Waals surface area contributed by atoms with Crippen LogP contribution in [-0.2, 0) is 11.3 Å². The summed E-state index contributed by atoms with van der Waals surface area (Å²) in [6.45, 7) is 8.73. The molecule has 0 unspecified atom stereocenters. The number of likely N-dealkylation sites (tertiary alicyclic amines) is 1. The predicted molar refractivity (Wildman–Crippen MR) is 79.6 cm³/mol. The molecule has 3 nitrogen and oxygen atoms in total. The Morgan fingerprint density at radius 1 is 1.47 bits per heavy atom. The van der Waals surface area contributed by atoms with E-state index in [1.54, 1.807) is 0 Å². The number of fused-ring (bicyclic) bond motifs is 1. The van der Waals surface area contributed by atoms with Crippen LogP contribution in [0.1, 0.15) is 9.75 Å². The Labute approximate surface area is 120 Å². The van der Waals surface area contributed by atoms with Crippen LogP contribution in [0.15, 0.2) is 12.1 Å². The van der Waals surface area contributed by atoms with Crippen molar-refractivity contribution in [3.63, 3.8) is 0 Å². The van der Waals surface area contributed by atoms with Crippen molar-refractivity contribution in [1.82, 2.24) is 9.80 Å². The summed E-state index contributed by atoms with van der Waals surface area (Å²) < 4.78 is 5.77. The molecule has 0 aromatic carbocycles. The molecule has 2 saturated heterocycles. The molecule has 106 valence electrons. The van der Waals surface area contributed by atoms with E-state index in [9.17, 15) is 0 Å². The second-order valence-corrected chi connectivity index (χ2v) is 7.87. The third-order valence-electron chi connectivity index (χ3n) is 4.40. The average molecular weight is 280 g/mol. The fourth-order valence-corrected chi connectivity index (χ4v) is 4.64. The van der Waals surface area contributed by atoms with Crippen molar-refractivity contribution in [2.75, 3.05) is 46.9 Å². The highest BCUT2D eigenvalue weighted by atomic mass is 32.1. The van der Waals surface area contributed by atoms with E-state index in [1.165, 1.54) is 22.8 Å². The quantitative estimate of drug-likeness (QED) is 0.840. The molecule has 0 radical (unpaired) electrons. The predicted octanol–water partition coefficient (Wildman–Crippen LogP) is 2.07. The van der Waals surface area contributed by atoms with Crippen LogP contribution in [0.25, 0.3) is 0 Å². The monoisotopic (exact) mass is 280 g/mol. The third kappa shape index (κ3) is 2.72. The zero-order chi connectivity index (χ0) is 13.5. The second kappa shape index (κ2) is 5.17. The molecule has 0 aliphatic carbocycles. The zero-order valence-electron chi connectivity index (χ0n) is 12.2. The van der Waals surface area contributed by atoms with E-state index in [4.69, 9.17) is 4.74 Å². The van der Waals surface area contributed by atoms with Gasteiger partial charge in [-0.25, -0.2) is 0 Å². The standard InChI is InChI=1S/C15H24N2OS/c1-12-4-5-14(19-12)7-17-6-13-8-18-11-15(13,10-17)9-16(2)3/h4-5,13H,6-11H2,1-3H3/t13-,15+/m1/s1. The molecule has 0 amide bonds. The first-order valence-electron chi connectivity index (χ1n) is 7.08. The minimum absolute atomic E-state index is 0.371. The Bertz CT molecular complexity index is 445. The fourth-order valence-electron chi connectivity index (χ4n) is 3.71. The van der Waals surface area contributed by atoms with Crippen LogP contribution in [0.4, 0.5) is 0 Å². The van der Waals surface area contributed by atoms with Gasteiger partial charge in [0.25, 0.3) is 0 Å². The highest BCUT2D eigenvalue weighted by Gasteiger charge is 2.50. The summed E-state index contributed by atoms with van der Waals surface area (Å²) in [6, 6.07) is 4.51. The zero-order valence-corrected chi connectivity index (χ0v) is 13.0. The van der Waals surface area contributed by atoms with Crippen molar-refractivity contribution >= 4 is 11.3 Å². The number of hydrogen-bond donors (Lipinski definition) is 0. The number of hydrogen-bond acceptors (Lipinski definition) is 4. The molecular formula is C15H24N2OS. The van der Waals surface area contributed by atoms with Gasteiger partial charge in [-0.15, -0.1) is 11.3 Å². The van der Waals surface area contributed by atoms with Crippen molar-refractivity contribution in [3.05, 3.63) is 21.9 Å². The number of aryl methyl sites for hydroxylation is 1. The molecule has 1 aromatic rings. The van der Waals surface area contributed by atoms with Crippen LogP contribution < -0.4 is 0 Å². The van der Waals surface area contributed by atoms with E-state index in [0.717, 1.165) is 32.2 Å². The maximum Gasteiger partial charge on any atom is 0.0551 e. The minimum atomic E-state index is 0.371. The van der Waals surface area contributed by atoms with Gasteiger partial charge in [0.05, 0.1) is 13.2 Å². The normalized spacial score (nSPS) is 31.3. The molecule has 2 aliphatic heterocycles. The number of nitrogens with zero attached hydrogens (tertiary/aromatic N) is 2. The van der Waals surface area contributed by atoms with Crippen LogP contribution in [0.5, 0.6) is 0 Å². The Hall–Kier alpha value is -0.420. The first-order valence-corrected chi connectivity index (χ1v) is 7.89. The number of ether oxygens (including phenoxy) is 1. The van der Waals surface area contributed by atoms with Gasteiger partial charge in [0.2, 0.25) is 0 Å². The lowest BCUT2D eigenvalue weighted by Crippen LogP contribution is -2.40. The summed E-state index contributed by atoms with van der Waals surface area (Å²) in [5.74, 6) is 0.718. The molecule has 2 aliphatic rings. The fraction of sp³-hybridized carbons (Fsp3) is 0.733. The Balaban J connectivity index is 1.68. The Morgan fingerprint density at radius 2 is 2.32 bits per heavy atom. The molecule has 1 aromatic heterocycles. The SMILES string of the molecule is Cc1ccc(CN2C[C@@H]3COC[C@]3(CN(C)C)C2)s1. The molecule has 0 N–H and O–H groups in total. The summed E-state index contributed by atoms with van der Waals surface area (Å²) >= 11 is 1.93. The van der Waals surface area contributed by atoms with Crippen molar-refractivity contribution in [2.24, 2.45) is 11.3 Å². The lowest BCUT2D eigenvalue weighted by Gasteiger charge is -2.30. The molecule has 19 heavy (non-hydrogen) atoms. The summed E-state index contributed by atoms with van der Waals surface area (Å²) in [6.07, 6.45) is 0. The van der Waals surface area contributed by atoms with Gasteiger partial charge in [0.1, 0.15) is 0 Å². The van der Waals surface area contributed by atoms with E-state index < -0.39 is 0 Å². The van der Waals surface area contributed by atoms with Crippen LogP contribution in [0, 0.1) is 18.3 Å². The van der Waals surface area contributed by atoms with Gasteiger partial charge in [-0.05, 0) is 33.2 Å². The Morgan fingerprint density at radius 3 is 3.00 bits per heavy atom. The summed E-state index contributed by atoms with van der Waals surface area (Å²) in [5.41, 5.74) is 0.371. The highest BCUT2D eigenvalue weighted by molar-refractivity contribution is 7.11. The van der Waals surface area contributed by atoms with Gasteiger partial charge in [-0.2, -0.15) is 0 Å². The van der Waals surface area contributed by atoms with E-state index >= 15 is 0 Å². The van der Waals surface area contributed by atoms with Gasteiger partial charge in [-0.1, -0.05) is 0 Å². The van der Waals surface area contributed by atoms with Gasteiger partial charge in [-0.3, -0.25) is 4.90 Å². The van der Waals surface area contributed by atoms with Gasteiger partial charge < -0.3 is 9.64 Å². The molecule has 3 heterocycles. The van der Waals surface area contributed by atoms with Crippen LogP contribution in [0.2, 0.25) is 0 Å². The van der Waals surface area contributed by atoms with E-state index in [0.29, 0.717) is 5.41 Å². The lowest BCUT2D eigenvalue weighted by atomic mass is 9.81. The summed E-state index contributed by atoms with van der Waals surface area (Å²) in [7, 11) is 4.35. The van der Waals surface area contributed by atoms with Crippen LogP contribution in [0.3, 0.4) is 0 Å². The molecular weight excluding hydrogens is 256 g/mol. The van der Waals surface area contributed by atoms with Crippen molar-refractivity contribution in [1.29, 1.82) is 0 Å². The van der Waals surface area contributed by atoms with E-state index in [1.807, 2.05) is 11.3 Å². The van der Waals surface area contributed by atoms with E-state index in [2.05, 4.69) is 43.0 Å². The summed E-state index contributed by atoms with van der Waals surface area (Å²) in [5, 5.41) is 0. The topological polar surface area (TPSA) is 15.7 Å². The minimum Gasteiger partial charge on any atom is -0.380 e. The molecule has 2 fully saturated rings. The molecule has 4 heteroatoms. The van der Waals surface area contributed by atoms with E-state index in [-0.39, 0.29) is 0 Å². The smallest absolute Gasteiger partial charge is 0.0551 e. The Kier molecular flexibility index (Phi) is 3.69. The molecule has 0 saturated carbocycles. The van der Waals surface area contributed by atoms with Gasteiger partial charge in [0.15, 0.2) is 0 Å². The van der Waals surface area contributed by atoms with Crippen LogP contribution in [-0.4, -0.2) is 56.7 Å².